The van der Waals surface area contributed by atoms with Gasteiger partial charge < -0.3 is 19.1 Å². The molecule has 0 N–H and O–H groups in total. The number of carbonyl (C=O) groups excluding carboxylic acids is 2. The molecule has 7 nitrogen and oxygen atoms in total. The van der Waals surface area contributed by atoms with Crippen molar-refractivity contribution >= 4 is 46.2 Å². The van der Waals surface area contributed by atoms with Gasteiger partial charge in [0.15, 0.2) is 11.5 Å². The average molecular weight is 451 g/mol. The normalized spacial score (nSPS) is 18.2. The van der Waals surface area contributed by atoms with E-state index >= 15 is 0 Å². The first-order valence-corrected chi connectivity index (χ1v) is 11.0. The number of likely N-dealkylation sites (tertiary alicyclic amines) is 1. The predicted octanol–water partition coefficient (Wildman–Crippen LogP) is 3.32. The van der Waals surface area contributed by atoms with E-state index in [0.29, 0.717) is 33.0 Å². The number of ether oxygens (including phenoxy) is 3. The van der Waals surface area contributed by atoms with Gasteiger partial charge in [0.05, 0.1) is 26.2 Å². The van der Waals surface area contributed by atoms with Crippen LogP contribution >= 0.6 is 24.0 Å². The van der Waals surface area contributed by atoms with Gasteiger partial charge in [-0.05, 0) is 43.0 Å². The highest BCUT2D eigenvalue weighted by atomic mass is 32.2. The number of thiocarbonyl (C=S) groups is 1. The SMILES string of the molecule is COc1cc(/C=C2/SC(=S)N(CCC(=O)N3CCCCC3)C2=O)cc(OC)c1OC. The van der Waals surface area contributed by atoms with Gasteiger partial charge in [-0.2, -0.15) is 0 Å². The monoisotopic (exact) mass is 450 g/mol. The number of hydrogen-bond donors (Lipinski definition) is 0. The van der Waals surface area contributed by atoms with Gasteiger partial charge in [-0.3, -0.25) is 14.5 Å². The van der Waals surface area contributed by atoms with E-state index in [0.717, 1.165) is 31.5 Å². The lowest BCUT2D eigenvalue weighted by Crippen LogP contribution is -2.38. The van der Waals surface area contributed by atoms with Crippen LogP contribution in [0.4, 0.5) is 0 Å². The van der Waals surface area contributed by atoms with Crippen molar-refractivity contribution in [2.24, 2.45) is 0 Å². The minimum Gasteiger partial charge on any atom is -0.493 e. The fraction of sp³-hybridized carbons (Fsp3) is 0.476. The van der Waals surface area contributed by atoms with Crippen LogP contribution < -0.4 is 14.2 Å². The number of amides is 2. The molecule has 2 amide bonds. The lowest BCUT2D eigenvalue weighted by molar-refractivity contribution is -0.132. The molecular weight excluding hydrogens is 424 g/mol. The maximum absolute atomic E-state index is 12.9. The molecule has 2 saturated heterocycles. The highest BCUT2D eigenvalue weighted by Gasteiger charge is 2.32. The lowest BCUT2D eigenvalue weighted by Gasteiger charge is -2.27. The zero-order valence-electron chi connectivity index (χ0n) is 17.4. The Morgan fingerprint density at radius 3 is 2.30 bits per heavy atom. The summed E-state index contributed by atoms with van der Waals surface area (Å²) in [6.07, 6.45) is 5.29. The topological polar surface area (TPSA) is 68.3 Å². The van der Waals surface area contributed by atoms with E-state index in [2.05, 4.69) is 0 Å². The third-order valence-corrected chi connectivity index (χ3v) is 6.49. The van der Waals surface area contributed by atoms with Gasteiger partial charge in [-0.15, -0.1) is 0 Å². The number of benzene rings is 1. The summed E-state index contributed by atoms with van der Waals surface area (Å²) < 4.78 is 16.5. The van der Waals surface area contributed by atoms with E-state index in [4.69, 9.17) is 26.4 Å². The van der Waals surface area contributed by atoms with E-state index in [1.54, 1.807) is 32.4 Å². The summed E-state index contributed by atoms with van der Waals surface area (Å²) in [6.45, 7) is 1.91. The molecule has 2 aliphatic rings. The molecule has 2 heterocycles. The highest BCUT2D eigenvalue weighted by Crippen LogP contribution is 2.40. The van der Waals surface area contributed by atoms with E-state index in [-0.39, 0.29) is 18.2 Å². The first kappa shape index (κ1) is 22.4. The quantitative estimate of drug-likeness (QED) is 0.466. The largest absolute Gasteiger partial charge is 0.493 e. The number of piperidine rings is 1. The molecule has 162 valence electrons. The Morgan fingerprint density at radius 2 is 1.73 bits per heavy atom. The predicted molar refractivity (Wildman–Crippen MR) is 121 cm³/mol. The van der Waals surface area contributed by atoms with Crippen LogP contribution in [0.5, 0.6) is 17.2 Å². The van der Waals surface area contributed by atoms with Gasteiger partial charge in [0.2, 0.25) is 11.7 Å². The Bertz CT molecular complexity index is 840. The first-order chi connectivity index (χ1) is 14.5. The fourth-order valence-electron chi connectivity index (χ4n) is 3.54. The fourth-order valence-corrected chi connectivity index (χ4v) is 4.85. The minimum absolute atomic E-state index is 0.0809. The molecule has 2 aliphatic heterocycles. The molecule has 0 atom stereocenters. The van der Waals surface area contributed by atoms with Crippen molar-refractivity contribution in [2.75, 3.05) is 41.0 Å². The molecule has 3 rings (SSSR count). The summed E-state index contributed by atoms with van der Waals surface area (Å²) in [4.78, 5) is 29.2. The first-order valence-electron chi connectivity index (χ1n) is 9.81. The Kier molecular flexibility index (Phi) is 7.60. The third-order valence-electron chi connectivity index (χ3n) is 5.12. The second-order valence-electron chi connectivity index (χ2n) is 6.98. The molecule has 9 heteroatoms. The Labute approximate surface area is 186 Å². The summed E-state index contributed by atoms with van der Waals surface area (Å²) >= 11 is 6.62. The summed E-state index contributed by atoms with van der Waals surface area (Å²) in [7, 11) is 4.62. The molecule has 0 saturated carbocycles. The van der Waals surface area contributed by atoms with E-state index < -0.39 is 0 Å². The van der Waals surface area contributed by atoms with Gasteiger partial charge in [-0.1, -0.05) is 24.0 Å². The Hall–Kier alpha value is -2.26. The molecule has 0 bridgehead atoms. The lowest BCUT2D eigenvalue weighted by atomic mass is 10.1. The van der Waals surface area contributed by atoms with Crippen LogP contribution in [0.1, 0.15) is 31.2 Å². The van der Waals surface area contributed by atoms with E-state index in [1.807, 2.05) is 4.90 Å². The van der Waals surface area contributed by atoms with Crippen LogP contribution in [0.15, 0.2) is 17.0 Å². The van der Waals surface area contributed by atoms with Crippen molar-refractivity contribution in [1.82, 2.24) is 9.80 Å². The Morgan fingerprint density at radius 1 is 1.10 bits per heavy atom. The van der Waals surface area contributed by atoms with Gasteiger partial charge in [0.1, 0.15) is 4.32 Å². The van der Waals surface area contributed by atoms with Crippen LogP contribution in [0.3, 0.4) is 0 Å². The van der Waals surface area contributed by atoms with Crippen molar-refractivity contribution in [3.63, 3.8) is 0 Å². The smallest absolute Gasteiger partial charge is 0.266 e. The van der Waals surface area contributed by atoms with Crippen molar-refractivity contribution in [1.29, 1.82) is 0 Å². The molecule has 0 unspecified atom stereocenters. The van der Waals surface area contributed by atoms with Crippen LogP contribution in [0, 0.1) is 0 Å². The molecule has 0 spiro atoms. The standard InChI is InChI=1S/C21H26N2O5S2/c1-26-15-11-14(12-16(27-2)19(15)28-3)13-17-20(25)23(21(29)30-17)10-7-18(24)22-8-5-4-6-9-22/h11-13H,4-10H2,1-3H3/b17-13+. The van der Waals surface area contributed by atoms with E-state index in [9.17, 15) is 9.59 Å². The molecule has 30 heavy (non-hydrogen) atoms. The third kappa shape index (κ3) is 4.89. The molecule has 0 aromatic heterocycles. The molecule has 0 aliphatic carbocycles. The highest BCUT2D eigenvalue weighted by molar-refractivity contribution is 8.26. The minimum atomic E-state index is -0.190. The molecule has 2 fully saturated rings. The maximum Gasteiger partial charge on any atom is 0.266 e. The second kappa shape index (κ2) is 10.2. The summed E-state index contributed by atoms with van der Waals surface area (Å²) in [5.41, 5.74) is 0.731. The zero-order valence-corrected chi connectivity index (χ0v) is 19.1. The van der Waals surface area contributed by atoms with E-state index in [1.165, 1.54) is 30.2 Å². The average Bonchev–Trinajstić information content (AvgIpc) is 3.04. The number of hydrogen-bond acceptors (Lipinski definition) is 7. The molecule has 1 aromatic carbocycles. The zero-order chi connectivity index (χ0) is 21.7. The van der Waals surface area contributed by atoms with Crippen molar-refractivity contribution in [3.05, 3.63) is 22.6 Å². The van der Waals surface area contributed by atoms with Crippen molar-refractivity contribution in [2.45, 2.75) is 25.7 Å². The van der Waals surface area contributed by atoms with Gasteiger partial charge in [0.25, 0.3) is 5.91 Å². The second-order valence-corrected chi connectivity index (χ2v) is 8.66. The summed E-state index contributed by atoms with van der Waals surface area (Å²) in [5.74, 6) is 1.39. The number of nitrogens with zero attached hydrogens (tertiary/aromatic N) is 2. The van der Waals surface area contributed by atoms with Gasteiger partial charge in [0, 0.05) is 26.1 Å². The van der Waals surface area contributed by atoms with Crippen LogP contribution in [-0.2, 0) is 9.59 Å². The maximum atomic E-state index is 12.9. The number of carbonyl (C=O) groups is 2. The molecule has 0 radical (unpaired) electrons. The summed E-state index contributed by atoms with van der Waals surface area (Å²) in [6, 6.07) is 3.54. The number of rotatable bonds is 7. The van der Waals surface area contributed by atoms with Crippen molar-refractivity contribution in [3.8, 4) is 17.2 Å². The van der Waals surface area contributed by atoms with Crippen LogP contribution in [-0.4, -0.2) is 66.9 Å². The molecule has 1 aromatic rings. The number of methoxy groups -OCH3 is 3. The van der Waals surface area contributed by atoms with Gasteiger partial charge >= 0.3 is 0 Å². The van der Waals surface area contributed by atoms with Gasteiger partial charge in [-0.25, -0.2) is 0 Å². The Balaban J connectivity index is 1.72. The van der Waals surface area contributed by atoms with Crippen LogP contribution in [0.25, 0.3) is 6.08 Å². The van der Waals surface area contributed by atoms with Crippen LogP contribution in [0.2, 0.25) is 0 Å². The van der Waals surface area contributed by atoms with Crippen molar-refractivity contribution < 1.29 is 23.8 Å². The number of thioether (sulfide) groups is 1. The summed E-state index contributed by atoms with van der Waals surface area (Å²) in [5, 5.41) is 0. The molecular formula is C21H26N2O5S2.